The van der Waals surface area contributed by atoms with Crippen LogP contribution in [0.2, 0.25) is 0 Å². The number of rotatable bonds is 9. The van der Waals surface area contributed by atoms with Crippen LogP contribution in [0.25, 0.3) is 0 Å². The first-order valence-corrected chi connectivity index (χ1v) is 16.5. The van der Waals surface area contributed by atoms with Crippen molar-refractivity contribution in [1.82, 2.24) is 9.80 Å². The third kappa shape index (κ3) is 8.91. The highest BCUT2D eigenvalue weighted by Gasteiger charge is 2.30. The fraction of sp³-hybridized carbons (Fsp3) is 0.621. The Kier molecular flexibility index (Phi) is 12.3. The van der Waals surface area contributed by atoms with E-state index in [0.717, 1.165) is 50.1 Å². The molecule has 0 saturated heterocycles. The lowest BCUT2D eigenvalue weighted by Gasteiger charge is -2.35. The van der Waals surface area contributed by atoms with Crippen LogP contribution in [0.15, 0.2) is 39.9 Å². The van der Waals surface area contributed by atoms with E-state index in [9.17, 15) is 18.3 Å². The summed E-state index contributed by atoms with van der Waals surface area (Å²) in [5.41, 5.74) is 0.522. The number of likely N-dealkylation sites (N-methyl/N-ethyl adjacent to an activating group) is 1. The van der Waals surface area contributed by atoms with E-state index < -0.39 is 16.1 Å². The molecule has 1 aliphatic heterocycles. The van der Waals surface area contributed by atoms with Crippen LogP contribution in [0, 0.1) is 5.92 Å². The van der Waals surface area contributed by atoms with Gasteiger partial charge in [0.25, 0.3) is 15.9 Å². The fourth-order valence-corrected chi connectivity index (χ4v) is 6.89. The number of nitrogens with one attached hydrogen (secondary N) is 1. The van der Waals surface area contributed by atoms with Gasteiger partial charge < -0.3 is 24.4 Å². The van der Waals surface area contributed by atoms with E-state index in [1.54, 1.807) is 35.4 Å². The van der Waals surface area contributed by atoms with Crippen LogP contribution in [0.4, 0.5) is 5.69 Å². The standard InChI is InChI=1S/C29H45N3O6S2/c1-6-14-31(5)19-27-21(2)18-32(22(3)20-33)29(34)25-17-24(30-40(35,36)28-11-9-16-39-28)12-13-26(25)38-23(4)10-7-8-15-37-27/h9,11-13,16-17,21-23,27,30,33H,6-8,10,14-15,18-20H2,1-5H3/t21-,22-,23+,27-/m0/s1. The van der Waals surface area contributed by atoms with Crippen molar-refractivity contribution in [2.45, 2.75) is 75.8 Å². The molecular weight excluding hydrogens is 550 g/mol. The number of hydrogen-bond donors (Lipinski definition) is 2. The molecule has 4 atom stereocenters. The second-order valence-corrected chi connectivity index (χ2v) is 13.7. The number of anilines is 1. The molecule has 1 amide bonds. The van der Waals surface area contributed by atoms with Gasteiger partial charge in [0.05, 0.1) is 30.4 Å². The van der Waals surface area contributed by atoms with Crippen LogP contribution in [0.1, 0.15) is 63.7 Å². The Labute approximate surface area is 243 Å². The molecule has 3 rings (SSSR count). The average Bonchev–Trinajstić information content (AvgIpc) is 3.47. The summed E-state index contributed by atoms with van der Waals surface area (Å²) in [6.07, 6.45) is 3.41. The van der Waals surface area contributed by atoms with Crippen LogP contribution in [-0.2, 0) is 14.8 Å². The molecule has 0 radical (unpaired) electrons. The Morgan fingerprint density at radius 2 is 2.02 bits per heavy atom. The van der Waals surface area contributed by atoms with Crippen molar-refractivity contribution in [2.24, 2.45) is 5.92 Å². The predicted octanol–water partition coefficient (Wildman–Crippen LogP) is 4.69. The van der Waals surface area contributed by atoms with Crippen molar-refractivity contribution >= 4 is 33.0 Å². The topological polar surface area (TPSA) is 108 Å². The maximum absolute atomic E-state index is 14.1. The number of aliphatic hydroxyl groups is 1. The molecule has 0 spiro atoms. The van der Waals surface area contributed by atoms with Crippen molar-refractivity contribution < 1.29 is 27.8 Å². The van der Waals surface area contributed by atoms with Gasteiger partial charge in [0, 0.05) is 31.3 Å². The molecule has 11 heteroatoms. The molecule has 0 saturated carbocycles. The SMILES string of the molecule is CCCN(C)C[C@@H]1OCCCC[C@@H](C)Oc2ccc(NS(=O)(=O)c3cccs3)cc2C(=O)N([C@@H](C)CO)C[C@@H]1C. The number of thiophene rings is 1. The van der Waals surface area contributed by atoms with Crippen LogP contribution < -0.4 is 9.46 Å². The number of amides is 1. The number of fused-ring (bicyclic) bond motifs is 1. The van der Waals surface area contributed by atoms with Crippen molar-refractivity contribution in [1.29, 1.82) is 0 Å². The number of carbonyl (C=O) groups excluding carboxylic acids is 1. The summed E-state index contributed by atoms with van der Waals surface area (Å²) in [6, 6.07) is 7.54. The summed E-state index contributed by atoms with van der Waals surface area (Å²) in [6.45, 7) is 10.5. The van der Waals surface area contributed by atoms with Gasteiger partial charge >= 0.3 is 0 Å². The van der Waals surface area contributed by atoms with E-state index >= 15 is 0 Å². The van der Waals surface area contributed by atoms with Crippen LogP contribution in [-0.4, -0.2) is 87.4 Å². The Balaban J connectivity index is 1.99. The average molecular weight is 596 g/mol. The van der Waals surface area contributed by atoms with Gasteiger partial charge in [0.1, 0.15) is 9.96 Å². The molecule has 224 valence electrons. The smallest absolute Gasteiger partial charge is 0.271 e. The van der Waals surface area contributed by atoms with Gasteiger partial charge in [0.15, 0.2) is 0 Å². The maximum atomic E-state index is 14.1. The van der Waals surface area contributed by atoms with Gasteiger partial charge in [-0.2, -0.15) is 0 Å². The zero-order valence-electron chi connectivity index (χ0n) is 24.3. The van der Waals surface area contributed by atoms with Crippen LogP contribution in [0.5, 0.6) is 5.75 Å². The maximum Gasteiger partial charge on any atom is 0.271 e. The summed E-state index contributed by atoms with van der Waals surface area (Å²) in [4.78, 5) is 18.0. The first-order valence-electron chi connectivity index (χ1n) is 14.1. The number of nitrogens with zero attached hydrogens (tertiary/aromatic N) is 2. The van der Waals surface area contributed by atoms with Gasteiger partial charge in [-0.05, 0) is 82.8 Å². The molecule has 0 bridgehead atoms. The van der Waals surface area contributed by atoms with Crippen molar-refractivity contribution in [2.75, 3.05) is 44.6 Å². The summed E-state index contributed by atoms with van der Waals surface area (Å²) in [5, 5.41) is 11.8. The van der Waals surface area contributed by atoms with Gasteiger partial charge in [0.2, 0.25) is 0 Å². The molecule has 2 heterocycles. The minimum absolute atomic E-state index is 0.0102. The minimum atomic E-state index is -3.80. The van der Waals surface area contributed by atoms with Crippen molar-refractivity contribution in [3.05, 3.63) is 41.3 Å². The molecule has 40 heavy (non-hydrogen) atoms. The second-order valence-electron chi connectivity index (χ2n) is 10.8. The molecule has 2 N–H and O–H groups in total. The first kappa shape index (κ1) is 32.3. The Morgan fingerprint density at radius 1 is 1.25 bits per heavy atom. The predicted molar refractivity (Wildman–Crippen MR) is 160 cm³/mol. The quantitative estimate of drug-likeness (QED) is 0.433. The summed E-state index contributed by atoms with van der Waals surface area (Å²) in [7, 11) is -1.72. The molecule has 1 aromatic heterocycles. The lowest BCUT2D eigenvalue weighted by molar-refractivity contribution is -0.0167. The van der Waals surface area contributed by atoms with Gasteiger partial charge in [-0.15, -0.1) is 11.3 Å². The van der Waals surface area contributed by atoms with Gasteiger partial charge in [-0.25, -0.2) is 8.42 Å². The van der Waals surface area contributed by atoms with E-state index in [0.29, 0.717) is 18.9 Å². The highest BCUT2D eigenvalue weighted by atomic mass is 32.2. The van der Waals surface area contributed by atoms with Gasteiger partial charge in [-0.1, -0.05) is 19.9 Å². The van der Waals surface area contributed by atoms with E-state index in [1.165, 1.54) is 12.1 Å². The third-order valence-electron chi connectivity index (χ3n) is 7.16. The molecule has 1 aliphatic rings. The number of ether oxygens (including phenoxy) is 2. The summed E-state index contributed by atoms with van der Waals surface area (Å²) < 4.78 is 41.2. The van der Waals surface area contributed by atoms with Crippen molar-refractivity contribution in [3.8, 4) is 5.75 Å². The van der Waals surface area contributed by atoms with E-state index in [-0.39, 0.29) is 46.1 Å². The number of sulfonamides is 1. The van der Waals surface area contributed by atoms with E-state index in [2.05, 4.69) is 30.5 Å². The Hall–Kier alpha value is -2.18. The van der Waals surface area contributed by atoms with Crippen LogP contribution >= 0.6 is 11.3 Å². The normalized spacial score (nSPS) is 22.3. The zero-order valence-corrected chi connectivity index (χ0v) is 26.0. The summed E-state index contributed by atoms with van der Waals surface area (Å²) in [5.74, 6) is 0.0569. The number of carbonyl (C=O) groups is 1. The van der Waals surface area contributed by atoms with E-state index in [1.807, 2.05) is 6.92 Å². The summed E-state index contributed by atoms with van der Waals surface area (Å²) >= 11 is 1.12. The fourth-order valence-electron chi connectivity index (χ4n) is 4.85. The molecular formula is C29H45N3O6S2. The number of aliphatic hydroxyl groups excluding tert-OH is 1. The monoisotopic (exact) mass is 595 g/mol. The highest BCUT2D eigenvalue weighted by molar-refractivity contribution is 7.94. The zero-order chi connectivity index (χ0) is 29.3. The Bertz CT molecular complexity index is 1170. The largest absolute Gasteiger partial charge is 0.490 e. The minimum Gasteiger partial charge on any atom is -0.490 e. The lowest BCUT2D eigenvalue weighted by atomic mass is 10.0. The van der Waals surface area contributed by atoms with Gasteiger partial charge in [-0.3, -0.25) is 9.52 Å². The first-order chi connectivity index (χ1) is 19.1. The molecule has 1 aromatic carbocycles. The highest BCUT2D eigenvalue weighted by Crippen LogP contribution is 2.30. The Morgan fingerprint density at radius 3 is 2.70 bits per heavy atom. The third-order valence-corrected chi connectivity index (χ3v) is 9.94. The van der Waals surface area contributed by atoms with Crippen molar-refractivity contribution in [3.63, 3.8) is 0 Å². The molecule has 0 aliphatic carbocycles. The second kappa shape index (κ2) is 15.2. The number of benzene rings is 1. The lowest BCUT2D eigenvalue weighted by Crippen LogP contribution is -2.47. The van der Waals surface area contributed by atoms with Crippen LogP contribution in [0.3, 0.4) is 0 Å². The molecule has 0 fully saturated rings. The molecule has 0 unspecified atom stereocenters. The molecule has 9 nitrogen and oxygen atoms in total. The number of hydrogen-bond acceptors (Lipinski definition) is 8. The van der Waals surface area contributed by atoms with E-state index in [4.69, 9.17) is 9.47 Å². The molecule has 2 aromatic rings.